The number of sulfonamides is 1. The number of nitrogens with one attached hydrogen (secondary N) is 2. The van der Waals surface area contributed by atoms with Crippen molar-refractivity contribution in [3.8, 4) is 5.75 Å². The molecule has 4 aromatic rings. The maximum atomic E-state index is 12.5. The van der Waals surface area contributed by atoms with Gasteiger partial charge in [-0.3, -0.25) is 9.59 Å². The minimum atomic E-state index is -3.70. The number of benzene rings is 2. The number of ether oxygens (including phenoxy) is 1. The van der Waals surface area contributed by atoms with Gasteiger partial charge in [0.1, 0.15) is 10.8 Å². The fraction of sp³-hybridized carbons (Fsp3) is 0.208. The summed E-state index contributed by atoms with van der Waals surface area (Å²) in [6.45, 7) is 1.58. The average molecular weight is 541 g/mol. The first-order valence-corrected chi connectivity index (χ1v) is 13.6. The third-order valence-corrected chi connectivity index (χ3v) is 7.64. The van der Waals surface area contributed by atoms with Crippen molar-refractivity contribution in [1.82, 2.24) is 24.5 Å². The molecule has 0 unspecified atom stereocenters. The quantitative estimate of drug-likeness (QED) is 0.217. The van der Waals surface area contributed by atoms with E-state index in [1.807, 2.05) is 0 Å². The number of hydrogen-bond donors (Lipinski definition) is 2. The van der Waals surface area contributed by atoms with E-state index in [0.717, 1.165) is 0 Å². The number of ketones is 1. The van der Waals surface area contributed by atoms with Gasteiger partial charge >= 0.3 is 0 Å². The van der Waals surface area contributed by atoms with Gasteiger partial charge in [-0.05, 0) is 67.6 Å². The highest BCUT2D eigenvalue weighted by molar-refractivity contribution is 7.99. The van der Waals surface area contributed by atoms with E-state index in [2.05, 4.69) is 25.3 Å². The Balaban J connectivity index is 1.34. The summed E-state index contributed by atoms with van der Waals surface area (Å²) >= 11 is 1.24. The second-order valence-electron chi connectivity index (χ2n) is 7.85. The van der Waals surface area contributed by atoms with Crippen molar-refractivity contribution in [2.24, 2.45) is 0 Å². The Kier molecular flexibility index (Phi) is 8.16. The molecular formula is C24H24N6O5S2. The first-order valence-electron chi connectivity index (χ1n) is 11.1. The number of rotatable bonds is 11. The maximum Gasteiger partial charge on any atom is 0.240 e. The van der Waals surface area contributed by atoms with Crippen LogP contribution in [-0.2, 0) is 21.2 Å². The summed E-state index contributed by atoms with van der Waals surface area (Å²) in [7, 11) is -2.19. The molecule has 13 heteroatoms. The van der Waals surface area contributed by atoms with Crippen LogP contribution < -0.4 is 14.8 Å². The lowest BCUT2D eigenvalue weighted by Gasteiger charge is -2.07. The van der Waals surface area contributed by atoms with Crippen LogP contribution in [0.5, 0.6) is 5.75 Å². The third kappa shape index (κ3) is 6.70. The van der Waals surface area contributed by atoms with Crippen LogP contribution in [0.15, 0.2) is 70.6 Å². The van der Waals surface area contributed by atoms with E-state index in [4.69, 9.17) is 4.74 Å². The SMILES string of the molecule is COc1ccc(S(=O)(=O)NCCc2nnc3ccc(SCC(=O)Nc4ccc(C(C)=O)cc4)nn23)cc1. The van der Waals surface area contributed by atoms with Gasteiger partial charge in [-0.1, -0.05) is 11.8 Å². The highest BCUT2D eigenvalue weighted by Crippen LogP contribution is 2.18. The van der Waals surface area contributed by atoms with E-state index in [1.165, 1.54) is 42.4 Å². The predicted molar refractivity (Wildman–Crippen MR) is 138 cm³/mol. The summed E-state index contributed by atoms with van der Waals surface area (Å²) in [4.78, 5) is 23.8. The zero-order valence-corrected chi connectivity index (χ0v) is 21.7. The Morgan fingerprint density at radius 2 is 1.73 bits per heavy atom. The lowest BCUT2D eigenvalue weighted by Crippen LogP contribution is -2.26. The molecule has 0 aliphatic rings. The van der Waals surface area contributed by atoms with Crippen molar-refractivity contribution < 1.29 is 22.7 Å². The van der Waals surface area contributed by atoms with Crippen molar-refractivity contribution >= 4 is 44.8 Å². The van der Waals surface area contributed by atoms with Crippen LogP contribution in [0.25, 0.3) is 5.65 Å². The van der Waals surface area contributed by atoms with Crippen molar-refractivity contribution in [2.45, 2.75) is 23.3 Å². The van der Waals surface area contributed by atoms with Gasteiger partial charge in [0.2, 0.25) is 15.9 Å². The molecule has 0 atom stereocenters. The molecule has 0 saturated carbocycles. The second kappa shape index (κ2) is 11.5. The summed E-state index contributed by atoms with van der Waals surface area (Å²) in [5, 5.41) is 16.0. The van der Waals surface area contributed by atoms with E-state index in [0.29, 0.717) is 33.5 Å². The number of Topliss-reactive ketones (excluding diaryl/α,β-unsaturated/α-hetero) is 1. The second-order valence-corrected chi connectivity index (χ2v) is 10.6. The van der Waals surface area contributed by atoms with Gasteiger partial charge in [0.05, 0.1) is 17.8 Å². The number of hydrogen-bond acceptors (Lipinski definition) is 9. The van der Waals surface area contributed by atoms with E-state index < -0.39 is 10.0 Å². The molecule has 2 heterocycles. The zero-order chi connectivity index (χ0) is 26.4. The van der Waals surface area contributed by atoms with Crippen LogP contribution in [0.1, 0.15) is 23.1 Å². The van der Waals surface area contributed by atoms with Gasteiger partial charge in [0.15, 0.2) is 17.3 Å². The van der Waals surface area contributed by atoms with E-state index in [9.17, 15) is 18.0 Å². The Labute approximate surface area is 217 Å². The molecule has 0 bridgehead atoms. The first kappa shape index (κ1) is 26.3. The molecule has 0 fully saturated rings. The molecule has 4 rings (SSSR count). The fourth-order valence-corrected chi connectivity index (χ4v) is 5.00. The number of fused-ring (bicyclic) bond motifs is 1. The lowest BCUT2D eigenvalue weighted by molar-refractivity contribution is -0.113. The molecule has 0 aliphatic carbocycles. The van der Waals surface area contributed by atoms with Gasteiger partial charge in [0, 0.05) is 24.2 Å². The number of aromatic nitrogens is 4. The molecule has 0 aliphatic heterocycles. The van der Waals surface area contributed by atoms with Crippen molar-refractivity contribution in [2.75, 3.05) is 24.7 Å². The Hall–Kier alpha value is -3.81. The predicted octanol–water partition coefficient (Wildman–Crippen LogP) is 2.59. The number of carbonyl (C=O) groups excluding carboxylic acids is 2. The first-order chi connectivity index (χ1) is 17.7. The molecule has 192 valence electrons. The highest BCUT2D eigenvalue weighted by atomic mass is 32.2. The normalized spacial score (nSPS) is 11.4. The number of thioether (sulfide) groups is 1. The van der Waals surface area contributed by atoms with Crippen molar-refractivity contribution in [3.63, 3.8) is 0 Å². The van der Waals surface area contributed by atoms with E-state index >= 15 is 0 Å². The number of nitrogens with zero attached hydrogens (tertiary/aromatic N) is 4. The highest BCUT2D eigenvalue weighted by Gasteiger charge is 2.15. The zero-order valence-electron chi connectivity index (χ0n) is 20.0. The topological polar surface area (TPSA) is 145 Å². The molecule has 2 aromatic carbocycles. The number of anilines is 1. The van der Waals surface area contributed by atoms with Gasteiger partial charge in [-0.15, -0.1) is 10.2 Å². The van der Waals surface area contributed by atoms with Crippen LogP contribution in [0, 0.1) is 0 Å². The minimum absolute atomic E-state index is 0.0436. The number of carbonyl (C=O) groups is 2. The van der Waals surface area contributed by atoms with Crippen LogP contribution in [0.2, 0.25) is 0 Å². The molecule has 1 amide bonds. The molecule has 2 N–H and O–H groups in total. The van der Waals surface area contributed by atoms with Gasteiger partial charge in [0.25, 0.3) is 0 Å². The molecule has 11 nitrogen and oxygen atoms in total. The van der Waals surface area contributed by atoms with Gasteiger partial charge < -0.3 is 10.1 Å². The van der Waals surface area contributed by atoms with Crippen molar-refractivity contribution in [3.05, 3.63) is 72.1 Å². The van der Waals surface area contributed by atoms with Gasteiger partial charge in [-0.25, -0.2) is 13.1 Å². The monoisotopic (exact) mass is 540 g/mol. The number of amides is 1. The van der Waals surface area contributed by atoms with Gasteiger partial charge in [-0.2, -0.15) is 9.61 Å². The third-order valence-electron chi connectivity index (χ3n) is 5.24. The lowest BCUT2D eigenvalue weighted by atomic mass is 10.1. The smallest absolute Gasteiger partial charge is 0.240 e. The molecular weight excluding hydrogens is 516 g/mol. The summed E-state index contributed by atoms with van der Waals surface area (Å²) in [6.07, 6.45) is 0.258. The summed E-state index contributed by atoms with van der Waals surface area (Å²) in [6, 6.07) is 16.2. The average Bonchev–Trinajstić information content (AvgIpc) is 3.30. The van der Waals surface area contributed by atoms with Crippen LogP contribution in [-0.4, -0.2) is 59.3 Å². The van der Waals surface area contributed by atoms with Crippen LogP contribution in [0.3, 0.4) is 0 Å². The fourth-order valence-electron chi connectivity index (χ4n) is 3.31. The summed E-state index contributed by atoms with van der Waals surface area (Å²) in [5.41, 5.74) is 1.67. The van der Waals surface area contributed by atoms with Crippen molar-refractivity contribution in [1.29, 1.82) is 0 Å². The summed E-state index contributed by atoms with van der Waals surface area (Å²) in [5.74, 6) is 0.892. The summed E-state index contributed by atoms with van der Waals surface area (Å²) < 4.78 is 34.2. The largest absolute Gasteiger partial charge is 0.497 e. The molecule has 2 aromatic heterocycles. The standard InChI is InChI=1S/C24H24N6O5S2/c1-16(31)17-3-5-18(6-4-17)26-23(32)15-36-24-12-11-21-27-28-22(30(21)29-24)13-14-25-37(33,34)20-9-7-19(35-2)8-10-20/h3-12,25H,13-15H2,1-2H3,(H,26,32). The van der Waals surface area contributed by atoms with E-state index in [1.54, 1.807) is 48.5 Å². The van der Waals surface area contributed by atoms with E-state index in [-0.39, 0.29) is 35.3 Å². The molecule has 0 saturated heterocycles. The molecule has 0 radical (unpaired) electrons. The Bertz CT molecular complexity index is 1520. The maximum absolute atomic E-state index is 12.5. The van der Waals surface area contributed by atoms with Crippen LogP contribution >= 0.6 is 11.8 Å². The number of methoxy groups -OCH3 is 1. The Morgan fingerprint density at radius 1 is 1.00 bits per heavy atom. The van der Waals surface area contributed by atoms with Crippen LogP contribution in [0.4, 0.5) is 5.69 Å². The molecule has 37 heavy (non-hydrogen) atoms. The molecule has 0 spiro atoms. The minimum Gasteiger partial charge on any atom is -0.497 e. The Morgan fingerprint density at radius 3 is 2.41 bits per heavy atom.